The molecule has 1 amide bonds. The summed E-state index contributed by atoms with van der Waals surface area (Å²) in [5.41, 5.74) is 6.37. The van der Waals surface area contributed by atoms with Crippen LogP contribution in [0.25, 0.3) is 0 Å². The molecule has 0 unspecified atom stereocenters. The number of benzene rings is 3. The molecular formula is C29H24N4O2. The van der Waals surface area contributed by atoms with Gasteiger partial charge in [-0.1, -0.05) is 24.3 Å². The molecule has 4 aromatic rings. The third-order valence-electron chi connectivity index (χ3n) is 6.18. The highest BCUT2D eigenvalue weighted by Crippen LogP contribution is 2.28. The molecule has 0 radical (unpaired) electrons. The van der Waals surface area contributed by atoms with Crippen molar-refractivity contribution in [1.82, 2.24) is 4.98 Å². The molecule has 1 N–H and O–H groups in total. The first-order valence-corrected chi connectivity index (χ1v) is 11.5. The van der Waals surface area contributed by atoms with Gasteiger partial charge in [-0.25, -0.2) is 4.98 Å². The fraction of sp³-hybridized carbons (Fsp3) is 0.138. The Hall–Kier alpha value is -4.63. The van der Waals surface area contributed by atoms with Crippen molar-refractivity contribution in [3.05, 3.63) is 113 Å². The van der Waals surface area contributed by atoms with E-state index in [1.54, 1.807) is 30.5 Å². The van der Waals surface area contributed by atoms with Crippen LogP contribution in [0.4, 0.5) is 11.4 Å². The Morgan fingerprint density at radius 2 is 1.83 bits per heavy atom. The number of amides is 1. The predicted molar refractivity (Wildman–Crippen MR) is 136 cm³/mol. The molecule has 0 fully saturated rings. The molecule has 0 spiro atoms. The Bertz CT molecular complexity index is 1420. The minimum atomic E-state index is -0.172. The predicted octanol–water partition coefficient (Wildman–Crippen LogP) is 5.87. The van der Waals surface area contributed by atoms with E-state index in [-0.39, 0.29) is 11.8 Å². The molecule has 3 aromatic carbocycles. The number of aryl methyl sites for hydroxylation is 1. The van der Waals surface area contributed by atoms with Gasteiger partial charge in [0.05, 0.1) is 0 Å². The van der Waals surface area contributed by atoms with Crippen LogP contribution in [0.3, 0.4) is 0 Å². The first kappa shape index (κ1) is 22.2. The Labute approximate surface area is 204 Å². The van der Waals surface area contributed by atoms with Gasteiger partial charge in [0.15, 0.2) is 0 Å². The fourth-order valence-electron chi connectivity index (χ4n) is 4.24. The van der Waals surface area contributed by atoms with Crippen molar-refractivity contribution in [3.63, 3.8) is 0 Å². The number of nitrogens with zero attached hydrogens (tertiary/aromatic N) is 3. The van der Waals surface area contributed by atoms with E-state index in [0.29, 0.717) is 22.6 Å². The summed E-state index contributed by atoms with van der Waals surface area (Å²) in [5.74, 6) is 0.625. The smallest absolute Gasteiger partial charge is 0.255 e. The molecule has 6 heteroatoms. The van der Waals surface area contributed by atoms with E-state index in [1.165, 1.54) is 11.1 Å². The monoisotopic (exact) mass is 460 g/mol. The van der Waals surface area contributed by atoms with Crippen LogP contribution < -0.4 is 15.0 Å². The first-order chi connectivity index (χ1) is 17.1. The number of anilines is 2. The molecule has 35 heavy (non-hydrogen) atoms. The highest BCUT2D eigenvalue weighted by molar-refractivity contribution is 6.04. The normalized spacial score (nSPS) is 12.4. The van der Waals surface area contributed by atoms with Crippen LogP contribution >= 0.6 is 0 Å². The number of rotatable bonds is 5. The Morgan fingerprint density at radius 1 is 1.03 bits per heavy atom. The van der Waals surface area contributed by atoms with Crippen LogP contribution in [-0.2, 0) is 13.0 Å². The van der Waals surface area contributed by atoms with Gasteiger partial charge in [0.2, 0.25) is 5.88 Å². The van der Waals surface area contributed by atoms with Gasteiger partial charge in [0.1, 0.15) is 17.4 Å². The quantitative estimate of drug-likeness (QED) is 0.403. The van der Waals surface area contributed by atoms with Crippen LogP contribution in [-0.4, -0.2) is 17.4 Å². The van der Waals surface area contributed by atoms with E-state index >= 15 is 0 Å². The first-order valence-electron chi connectivity index (χ1n) is 11.5. The maximum atomic E-state index is 12.9. The molecule has 172 valence electrons. The van der Waals surface area contributed by atoms with Crippen LogP contribution in [0, 0.1) is 18.3 Å². The maximum Gasteiger partial charge on any atom is 0.255 e. The molecule has 1 aromatic heterocycles. The van der Waals surface area contributed by atoms with Crippen molar-refractivity contribution in [2.24, 2.45) is 0 Å². The van der Waals surface area contributed by atoms with E-state index < -0.39 is 0 Å². The minimum absolute atomic E-state index is 0.172. The third-order valence-corrected chi connectivity index (χ3v) is 6.18. The van der Waals surface area contributed by atoms with Crippen LogP contribution in [0.5, 0.6) is 11.6 Å². The average Bonchev–Trinajstić information content (AvgIpc) is 2.90. The lowest BCUT2D eigenvalue weighted by Gasteiger charge is -2.30. The topological polar surface area (TPSA) is 78.2 Å². The number of carbonyl (C=O) groups excluding carboxylic acids is 1. The number of carbonyl (C=O) groups is 1. The molecule has 0 aliphatic carbocycles. The van der Waals surface area contributed by atoms with Crippen molar-refractivity contribution in [1.29, 1.82) is 5.26 Å². The molecule has 6 nitrogen and oxygen atoms in total. The summed E-state index contributed by atoms with van der Waals surface area (Å²) in [6, 6.07) is 27.0. The second-order valence-electron chi connectivity index (χ2n) is 8.49. The molecule has 0 bridgehead atoms. The third kappa shape index (κ3) is 4.85. The standard InChI is InChI=1S/C29H24N4O2/c1-20-17-26(35-29-23(18-30)7-4-15-31-29)12-13-27(20)32-28(34)22-8-10-25(11-9-22)33-16-14-21-5-2-3-6-24(21)19-33/h2-13,15,17H,14,16,19H2,1H3,(H,32,34). The summed E-state index contributed by atoms with van der Waals surface area (Å²) >= 11 is 0. The molecule has 2 heterocycles. The van der Waals surface area contributed by atoms with Gasteiger partial charge in [-0.15, -0.1) is 0 Å². The summed E-state index contributed by atoms with van der Waals surface area (Å²) in [6.07, 6.45) is 2.60. The summed E-state index contributed by atoms with van der Waals surface area (Å²) in [4.78, 5) is 19.3. The number of fused-ring (bicyclic) bond motifs is 1. The largest absolute Gasteiger partial charge is 0.438 e. The van der Waals surface area contributed by atoms with Gasteiger partial charge in [-0.05, 0) is 84.6 Å². The maximum absolute atomic E-state index is 12.9. The number of aromatic nitrogens is 1. The summed E-state index contributed by atoms with van der Waals surface area (Å²) in [6.45, 7) is 3.73. The van der Waals surface area contributed by atoms with Crippen molar-refractivity contribution in [3.8, 4) is 17.7 Å². The second kappa shape index (κ2) is 9.70. The van der Waals surface area contributed by atoms with E-state index in [0.717, 1.165) is 30.8 Å². The zero-order chi connectivity index (χ0) is 24.2. The lowest BCUT2D eigenvalue weighted by molar-refractivity contribution is 0.102. The fourth-order valence-corrected chi connectivity index (χ4v) is 4.24. The zero-order valence-electron chi connectivity index (χ0n) is 19.4. The van der Waals surface area contributed by atoms with Gasteiger partial charge in [0.25, 0.3) is 5.91 Å². The Balaban J connectivity index is 1.25. The highest BCUT2D eigenvalue weighted by atomic mass is 16.5. The minimum Gasteiger partial charge on any atom is -0.438 e. The SMILES string of the molecule is Cc1cc(Oc2ncccc2C#N)ccc1NC(=O)c1ccc(N2CCc3ccccc3C2)cc1. The van der Waals surface area contributed by atoms with E-state index in [9.17, 15) is 10.1 Å². The molecule has 0 atom stereocenters. The number of nitrogens with one attached hydrogen (secondary N) is 1. The molecule has 0 saturated heterocycles. The van der Waals surface area contributed by atoms with Gasteiger partial charge in [-0.2, -0.15) is 5.26 Å². The van der Waals surface area contributed by atoms with Gasteiger partial charge < -0.3 is 15.0 Å². The second-order valence-corrected chi connectivity index (χ2v) is 8.49. The molecular weight excluding hydrogens is 436 g/mol. The molecule has 0 saturated carbocycles. The van der Waals surface area contributed by atoms with Gasteiger partial charge in [-0.3, -0.25) is 4.79 Å². The van der Waals surface area contributed by atoms with Crippen LogP contribution in [0.1, 0.15) is 32.6 Å². The zero-order valence-corrected chi connectivity index (χ0v) is 19.4. The van der Waals surface area contributed by atoms with E-state index in [1.807, 2.05) is 37.3 Å². The van der Waals surface area contributed by atoms with Gasteiger partial charge >= 0.3 is 0 Å². The molecule has 5 rings (SSSR count). The molecule has 1 aliphatic heterocycles. The summed E-state index contributed by atoms with van der Waals surface area (Å²) < 4.78 is 5.77. The average molecular weight is 461 g/mol. The van der Waals surface area contributed by atoms with Crippen molar-refractivity contribution < 1.29 is 9.53 Å². The number of nitriles is 1. The highest BCUT2D eigenvalue weighted by Gasteiger charge is 2.17. The van der Waals surface area contributed by atoms with Crippen molar-refractivity contribution >= 4 is 17.3 Å². The Morgan fingerprint density at radius 3 is 2.60 bits per heavy atom. The molecule has 1 aliphatic rings. The lowest BCUT2D eigenvalue weighted by atomic mass is 9.99. The Kier molecular flexibility index (Phi) is 6.15. The number of pyridine rings is 1. The number of hydrogen-bond acceptors (Lipinski definition) is 5. The lowest BCUT2D eigenvalue weighted by Crippen LogP contribution is -2.30. The van der Waals surface area contributed by atoms with Gasteiger partial charge in [0, 0.05) is 36.2 Å². The van der Waals surface area contributed by atoms with E-state index in [4.69, 9.17) is 4.74 Å². The van der Waals surface area contributed by atoms with Crippen LogP contribution in [0.15, 0.2) is 85.1 Å². The van der Waals surface area contributed by atoms with Crippen molar-refractivity contribution in [2.75, 3.05) is 16.8 Å². The van der Waals surface area contributed by atoms with Crippen LogP contribution in [0.2, 0.25) is 0 Å². The summed E-state index contributed by atoms with van der Waals surface area (Å²) in [7, 11) is 0. The summed E-state index contributed by atoms with van der Waals surface area (Å²) in [5, 5.41) is 12.2. The van der Waals surface area contributed by atoms with E-state index in [2.05, 4.69) is 45.5 Å². The number of ether oxygens (including phenoxy) is 1. The van der Waals surface area contributed by atoms with Crippen molar-refractivity contribution in [2.45, 2.75) is 19.9 Å². The number of hydrogen-bond donors (Lipinski definition) is 1.